The van der Waals surface area contributed by atoms with Gasteiger partial charge in [0.1, 0.15) is 0 Å². The van der Waals surface area contributed by atoms with Gasteiger partial charge in [0.05, 0.1) is 5.75 Å². The van der Waals surface area contributed by atoms with E-state index in [1.807, 2.05) is 38.1 Å². The van der Waals surface area contributed by atoms with Gasteiger partial charge in [-0.2, -0.15) is 0 Å². The summed E-state index contributed by atoms with van der Waals surface area (Å²) < 4.78 is 0.620. The lowest BCUT2D eigenvalue weighted by atomic mass is 10.1. The zero-order chi connectivity index (χ0) is 19.2. The van der Waals surface area contributed by atoms with Crippen LogP contribution in [-0.2, 0) is 4.79 Å². The number of nitrogens with zero attached hydrogens (tertiary/aromatic N) is 2. The Kier molecular flexibility index (Phi) is 6.20. The molecule has 0 aliphatic carbocycles. The summed E-state index contributed by atoms with van der Waals surface area (Å²) in [5, 5.41) is 14.0. The summed E-state index contributed by atoms with van der Waals surface area (Å²) in [6, 6.07) is 14.7. The smallest absolute Gasteiger partial charge is 0.257 e. The second kappa shape index (κ2) is 8.79. The van der Waals surface area contributed by atoms with Gasteiger partial charge in [0, 0.05) is 11.3 Å². The number of carbonyl (C=O) groups excluding carboxylic acids is 2. The average Bonchev–Trinajstić information content (AvgIpc) is 3.12. The molecule has 1 heterocycles. The van der Waals surface area contributed by atoms with Gasteiger partial charge in [-0.15, -0.1) is 10.2 Å². The molecule has 8 heteroatoms. The molecule has 2 aromatic carbocycles. The summed E-state index contributed by atoms with van der Waals surface area (Å²) in [6.45, 7) is 3.98. The number of nitrogens with one attached hydrogen (secondary N) is 2. The molecular formula is C19H18N4O2S2. The molecule has 6 nitrogen and oxygen atoms in total. The van der Waals surface area contributed by atoms with Crippen molar-refractivity contribution >= 4 is 45.7 Å². The number of aromatic nitrogens is 2. The van der Waals surface area contributed by atoms with E-state index in [-0.39, 0.29) is 17.6 Å². The number of hydrogen-bond acceptors (Lipinski definition) is 6. The van der Waals surface area contributed by atoms with Crippen LogP contribution in [0.25, 0.3) is 0 Å². The molecule has 27 heavy (non-hydrogen) atoms. The van der Waals surface area contributed by atoms with Gasteiger partial charge in [-0.1, -0.05) is 53.4 Å². The van der Waals surface area contributed by atoms with Crippen LogP contribution in [0.3, 0.4) is 0 Å². The van der Waals surface area contributed by atoms with Crippen molar-refractivity contribution in [2.24, 2.45) is 0 Å². The first-order valence-corrected chi connectivity index (χ1v) is 10.0. The highest BCUT2D eigenvalue weighted by Gasteiger charge is 2.12. The van der Waals surface area contributed by atoms with Gasteiger partial charge in [0.15, 0.2) is 4.34 Å². The monoisotopic (exact) mass is 398 g/mol. The topological polar surface area (TPSA) is 84.0 Å². The third-order valence-corrected chi connectivity index (χ3v) is 5.84. The minimum Gasteiger partial charge on any atom is -0.325 e. The number of anilines is 2. The number of benzene rings is 2. The molecule has 3 rings (SSSR count). The van der Waals surface area contributed by atoms with Crippen LogP contribution < -0.4 is 10.6 Å². The molecule has 2 N–H and O–H groups in total. The Morgan fingerprint density at radius 2 is 1.78 bits per heavy atom. The van der Waals surface area contributed by atoms with Gasteiger partial charge < -0.3 is 5.32 Å². The van der Waals surface area contributed by atoms with Crippen LogP contribution in [0, 0.1) is 13.8 Å². The van der Waals surface area contributed by atoms with E-state index in [1.54, 1.807) is 24.3 Å². The van der Waals surface area contributed by atoms with Crippen molar-refractivity contribution in [3.05, 3.63) is 65.2 Å². The number of amides is 2. The summed E-state index contributed by atoms with van der Waals surface area (Å²) in [5.41, 5.74) is 3.55. The van der Waals surface area contributed by atoms with Crippen molar-refractivity contribution in [3.63, 3.8) is 0 Å². The quantitative estimate of drug-likeness (QED) is 0.482. The zero-order valence-electron chi connectivity index (χ0n) is 14.9. The summed E-state index contributed by atoms with van der Waals surface area (Å²) in [5.74, 6) is -0.135. The van der Waals surface area contributed by atoms with Crippen LogP contribution >= 0.6 is 23.1 Å². The van der Waals surface area contributed by atoms with Crippen molar-refractivity contribution < 1.29 is 9.59 Å². The first-order chi connectivity index (χ1) is 13.0. The largest absolute Gasteiger partial charge is 0.325 e. The van der Waals surface area contributed by atoms with Crippen LogP contribution in [0.2, 0.25) is 0 Å². The first kappa shape index (κ1) is 19.1. The minimum absolute atomic E-state index is 0.112. The molecule has 2 amide bonds. The van der Waals surface area contributed by atoms with Gasteiger partial charge in [-0.25, -0.2) is 0 Å². The lowest BCUT2D eigenvalue weighted by Gasteiger charge is -2.09. The second-order valence-corrected chi connectivity index (χ2v) is 7.98. The molecule has 0 spiro atoms. The molecule has 3 aromatic rings. The third kappa shape index (κ3) is 5.15. The molecule has 0 radical (unpaired) electrons. The lowest BCUT2D eigenvalue weighted by Crippen LogP contribution is -2.15. The number of hydrogen-bond donors (Lipinski definition) is 2. The molecular weight excluding hydrogens is 380 g/mol. The highest BCUT2D eigenvalue weighted by atomic mass is 32.2. The Morgan fingerprint density at radius 1 is 1.00 bits per heavy atom. The Balaban J connectivity index is 1.53. The molecule has 0 bridgehead atoms. The van der Waals surface area contributed by atoms with Gasteiger partial charge >= 0.3 is 0 Å². The standard InChI is InChI=1S/C19H18N4O2S2/c1-12-7-6-10-15(13(12)2)20-16(24)11-26-19-23-22-18(27-19)21-17(25)14-8-4-3-5-9-14/h3-10H,11H2,1-2H3,(H,20,24)(H,21,22,25). The molecule has 0 fully saturated rings. The van der Waals surface area contributed by atoms with E-state index in [0.29, 0.717) is 15.0 Å². The second-order valence-electron chi connectivity index (χ2n) is 5.78. The molecule has 138 valence electrons. The van der Waals surface area contributed by atoms with Crippen LogP contribution in [-0.4, -0.2) is 27.8 Å². The van der Waals surface area contributed by atoms with Crippen LogP contribution in [0.1, 0.15) is 21.5 Å². The maximum atomic E-state index is 12.2. The number of thioether (sulfide) groups is 1. The van der Waals surface area contributed by atoms with Crippen molar-refractivity contribution in [1.29, 1.82) is 0 Å². The zero-order valence-corrected chi connectivity index (χ0v) is 16.5. The molecule has 1 aromatic heterocycles. The Morgan fingerprint density at radius 3 is 2.56 bits per heavy atom. The van der Waals surface area contributed by atoms with Crippen LogP contribution in [0.4, 0.5) is 10.8 Å². The van der Waals surface area contributed by atoms with Crippen molar-refractivity contribution in [2.75, 3.05) is 16.4 Å². The lowest BCUT2D eigenvalue weighted by molar-refractivity contribution is -0.113. The Hall–Kier alpha value is -2.71. The normalized spacial score (nSPS) is 10.4. The molecule has 0 unspecified atom stereocenters. The highest BCUT2D eigenvalue weighted by molar-refractivity contribution is 8.01. The predicted octanol–water partition coefficient (Wildman–Crippen LogP) is 4.14. The van der Waals surface area contributed by atoms with E-state index in [0.717, 1.165) is 16.8 Å². The number of rotatable bonds is 6. The maximum Gasteiger partial charge on any atom is 0.257 e. The summed E-state index contributed by atoms with van der Waals surface area (Å²) in [7, 11) is 0. The van der Waals surface area contributed by atoms with Crippen LogP contribution in [0.15, 0.2) is 52.9 Å². The molecule has 0 saturated heterocycles. The molecule has 0 saturated carbocycles. The molecule has 0 aliphatic rings. The average molecular weight is 399 g/mol. The number of aryl methyl sites for hydroxylation is 1. The summed E-state index contributed by atoms with van der Waals surface area (Å²) in [6.07, 6.45) is 0. The minimum atomic E-state index is -0.240. The molecule has 0 aliphatic heterocycles. The maximum absolute atomic E-state index is 12.2. The highest BCUT2D eigenvalue weighted by Crippen LogP contribution is 2.26. The first-order valence-electron chi connectivity index (χ1n) is 8.21. The summed E-state index contributed by atoms with van der Waals surface area (Å²) >= 11 is 2.52. The van der Waals surface area contributed by atoms with Gasteiger partial charge in [-0.05, 0) is 43.2 Å². The Labute approximate surface area is 165 Å². The van der Waals surface area contributed by atoms with E-state index >= 15 is 0 Å². The van der Waals surface area contributed by atoms with Crippen molar-refractivity contribution in [3.8, 4) is 0 Å². The van der Waals surface area contributed by atoms with E-state index in [9.17, 15) is 9.59 Å². The number of carbonyl (C=O) groups is 2. The van der Waals surface area contributed by atoms with Gasteiger partial charge in [-0.3, -0.25) is 14.9 Å². The summed E-state index contributed by atoms with van der Waals surface area (Å²) in [4.78, 5) is 24.3. The third-order valence-electron chi connectivity index (χ3n) is 3.87. The molecule has 0 atom stereocenters. The van der Waals surface area contributed by atoms with E-state index in [1.165, 1.54) is 23.1 Å². The van der Waals surface area contributed by atoms with Crippen molar-refractivity contribution in [2.45, 2.75) is 18.2 Å². The van der Waals surface area contributed by atoms with Crippen LogP contribution in [0.5, 0.6) is 0 Å². The fourth-order valence-corrected chi connectivity index (χ4v) is 3.82. The fraction of sp³-hybridized carbons (Fsp3) is 0.158. The van der Waals surface area contributed by atoms with Crippen molar-refractivity contribution in [1.82, 2.24) is 10.2 Å². The van der Waals surface area contributed by atoms with E-state index in [2.05, 4.69) is 20.8 Å². The SMILES string of the molecule is Cc1cccc(NC(=O)CSc2nnc(NC(=O)c3ccccc3)s2)c1C. The fourth-order valence-electron chi connectivity index (χ4n) is 2.28. The van der Waals surface area contributed by atoms with E-state index < -0.39 is 0 Å². The van der Waals surface area contributed by atoms with E-state index in [4.69, 9.17) is 0 Å². The Bertz CT molecular complexity index is 957. The predicted molar refractivity (Wildman–Crippen MR) is 110 cm³/mol. The van der Waals surface area contributed by atoms with Gasteiger partial charge in [0.2, 0.25) is 11.0 Å². The van der Waals surface area contributed by atoms with Gasteiger partial charge in [0.25, 0.3) is 5.91 Å².